The second-order valence-electron chi connectivity index (χ2n) is 7.21. The highest BCUT2D eigenvalue weighted by Crippen LogP contribution is 2.25. The number of carbonyl (C=O) groups is 2. The SMILES string of the molecule is COc1ccc(NC(=O)[C@H]2CC(=O)N(CCc3c[nH]c4ccc(Cl)cc34)C2)cc1. The Kier molecular flexibility index (Phi) is 5.45. The zero-order valence-electron chi connectivity index (χ0n) is 16.1. The fourth-order valence-corrected chi connectivity index (χ4v) is 3.87. The molecule has 2 aromatic carbocycles. The lowest BCUT2D eigenvalue weighted by molar-refractivity contribution is -0.128. The van der Waals surface area contributed by atoms with E-state index in [1.54, 1.807) is 36.3 Å². The summed E-state index contributed by atoms with van der Waals surface area (Å²) in [5.74, 6) is 0.258. The lowest BCUT2D eigenvalue weighted by atomic mass is 10.1. The quantitative estimate of drug-likeness (QED) is 0.646. The highest BCUT2D eigenvalue weighted by molar-refractivity contribution is 6.31. The highest BCUT2D eigenvalue weighted by Gasteiger charge is 2.34. The number of nitrogens with zero attached hydrogens (tertiary/aromatic N) is 1. The van der Waals surface area contributed by atoms with E-state index in [1.807, 2.05) is 24.4 Å². The van der Waals surface area contributed by atoms with Crippen molar-refractivity contribution in [1.29, 1.82) is 0 Å². The summed E-state index contributed by atoms with van der Waals surface area (Å²) in [5.41, 5.74) is 2.83. The topological polar surface area (TPSA) is 74.4 Å². The van der Waals surface area contributed by atoms with Gasteiger partial charge in [0.2, 0.25) is 11.8 Å². The first-order valence-electron chi connectivity index (χ1n) is 9.51. The molecule has 1 saturated heterocycles. The molecule has 0 unspecified atom stereocenters. The van der Waals surface area contributed by atoms with Gasteiger partial charge in [0, 0.05) is 47.3 Å². The minimum absolute atomic E-state index is 0.0118. The molecule has 1 aliphatic heterocycles. The van der Waals surface area contributed by atoms with Crippen molar-refractivity contribution >= 4 is 40.0 Å². The third kappa shape index (κ3) is 4.22. The summed E-state index contributed by atoms with van der Waals surface area (Å²) in [5, 5.41) is 4.64. The van der Waals surface area contributed by atoms with E-state index < -0.39 is 0 Å². The Morgan fingerprint density at radius 1 is 1.28 bits per heavy atom. The predicted octanol–water partition coefficient (Wildman–Crippen LogP) is 3.86. The molecule has 1 atom stereocenters. The van der Waals surface area contributed by atoms with Crippen molar-refractivity contribution in [3.05, 3.63) is 59.2 Å². The molecule has 7 heteroatoms. The smallest absolute Gasteiger partial charge is 0.229 e. The third-order valence-electron chi connectivity index (χ3n) is 5.32. The number of benzene rings is 2. The Morgan fingerprint density at radius 2 is 2.07 bits per heavy atom. The molecular formula is C22H22ClN3O3. The normalized spacial score (nSPS) is 16.4. The Hall–Kier alpha value is -2.99. The number of amides is 2. The van der Waals surface area contributed by atoms with Crippen molar-refractivity contribution in [3.8, 4) is 5.75 Å². The fraction of sp³-hybridized carbons (Fsp3) is 0.273. The van der Waals surface area contributed by atoms with Gasteiger partial charge < -0.3 is 19.9 Å². The number of fused-ring (bicyclic) bond motifs is 1. The number of H-pyrrole nitrogens is 1. The van der Waals surface area contributed by atoms with Crippen LogP contribution in [0.15, 0.2) is 48.7 Å². The van der Waals surface area contributed by atoms with Crippen LogP contribution in [0.3, 0.4) is 0 Å². The van der Waals surface area contributed by atoms with Gasteiger partial charge in [0.05, 0.1) is 13.0 Å². The molecule has 6 nitrogen and oxygen atoms in total. The molecule has 2 N–H and O–H groups in total. The van der Waals surface area contributed by atoms with Gasteiger partial charge in [0.25, 0.3) is 0 Å². The minimum Gasteiger partial charge on any atom is -0.497 e. The van der Waals surface area contributed by atoms with Crippen LogP contribution in [-0.2, 0) is 16.0 Å². The van der Waals surface area contributed by atoms with Crippen molar-refractivity contribution in [2.75, 3.05) is 25.5 Å². The third-order valence-corrected chi connectivity index (χ3v) is 5.56. The molecule has 1 fully saturated rings. The molecule has 4 rings (SSSR count). The first kappa shape index (κ1) is 19.3. The van der Waals surface area contributed by atoms with E-state index >= 15 is 0 Å². The molecule has 1 aromatic heterocycles. The lowest BCUT2D eigenvalue weighted by Crippen LogP contribution is -2.30. The summed E-state index contributed by atoms with van der Waals surface area (Å²) in [6.45, 7) is 1.01. The van der Waals surface area contributed by atoms with Gasteiger partial charge in [0.15, 0.2) is 0 Å². The number of nitrogens with one attached hydrogen (secondary N) is 2. The second kappa shape index (κ2) is 8.17. The maximum Gasteiger partial charge on any atom is 0.229 e. The average molecular weight is 412 g/mol. The van der Waals surface area contributed by atoms with Gasteiger partial charge in [-0.15, -0.1) is 0 Å². The molecule has 0 aliphatic carbocycles. The first-order valence-corrected chi connectivity index (χ1v) is 9.89. The molecule has 3 aromatic rings. The van der Waals surface area contributed by atoms with Gasteiger partial charge in [0.1, 0.15) is 5.75 Å². The van der Waals surface area contributed by atoms with Crippen molar-refractivity contribution in [3.63, 3.8) is 0 Å². The van der Waals surface area contributed by atoms with E-state index in [2.05, 4.69) is 10.3 Å². The molecule has 29 heavy (non-hydrogen) atoms. The summed E-state index contributed by atoms with van der Waals surface area (Å²) in [7, 11) is 1.59. The van der Waals surface area contributed by atoms with Gasteiger partial charge >= 0.3 is 0 Å². The Balaban J connectivity index is 1.35. The van der Waals surface area contributed by atoms with Gasteiger partial charge in [-0.3, -0.25) is 9.59 Å². The van der Waals surface area contributed by atoms with Crippen LogP contribution in [0, 0.1) is 5.92 Å². The van der Waals surface area contributed by atoms with Crippen molar-refractivity contribution in [2.24, 2.45) is 5.92 Å². The maximum absolute atomic E-state index is 12.6. The molecular weight excluding hydrogens is 390 g/mol. The summed E-state index contributed by atoms with van der Waals surface area (Å²) >= 11 is 6.11. The zero-order valence-corrected chi connectivity index (χ0v) is 16.8. The number of anilines is 1. The molecule has 0 saturated carbocycles. The van der Waals surface area contributed by atoms with Gasteiger partial charge in [-0.05, 0) is 54.4 Å². The van der Waals surface area contributed by atoms with Crippen LogP contribution < -0.4 is 10.1 Å². The van der Waals surface area contributed by atoms with Crippen LogP contribution in [0.4, 0.5) is 5.69 Å². The summed E-state index contributed by atoms with van der Waals surface area (Å²) in [4.78, 5) is 30.0. The van der Waals surface area contributed by atoms with Crippen LogP contribution >= 0.6 is 11.6 Å². The van der Waals surface area contributed by atoms with E-state index in [0.717, 1.165) is 22.2 Å². The largest absolute Gasteiger partial charge is 0.497 e. The van der Waals surface area contributed by atoms with Gasteiger partial charge in [-0.25, -0.2) is 0 Å². The molecule has 150 valence electrons. The van der Waals surface area contributed by atoms with Crippen LogP contribution in [0.25, 0.3) is 10.9 Å². The molecule has 0 bridgehead atoms. The fourth-order valence-electron chi connectivity index (χ4n) is 3.70. The maximum atomic E-state index is 12.6. The minimum atomic E-state index is -0.345. The molecule has 2 amide bonds. The first-order chi connectivity index (χ1) is 14.0. The standard InChI is InChI=1S/C22H22ClN3O3/c1-29-18-5-3-17(4-6-18)25-22(28)15-10-21(27)26(13-15)9-8-14-12-24-20-7-2-16(23)11-19(14)20/h2-7,11-12,15,24H,8-10,13H2,1H3,(H,25,28)/t15-/m0/s1. The number of likely N-dealkylation sites (tertiary alicyclic amines) is 1. The lowest BCUT2D eigenvalue weighted by Gasteiger charge is -2.16. The Labute approximate surface area is 173 Å². The number of rotatable bonds is 6. The molecule has 0 spiro atoms. The number of halogens is 1. The number of hydrogen-bond acceptors (Lipinski definition) is 3. The summed E-state index contributed by atoms with van der Waals surface area (Å²) in [6, 6.07) is 12.9. The van der Waals surface area contributed by atoms with Crippen molar-refractivity contribution in [1.82, 2.24) is 9.88 Å². The van der Waals surface area contributed by atoms with Crippen LogP contribution in [0.2, 0.25) is 5.02 Å². The summed E-state index contributed by atoms with van der Waals surface area (Å²) in [6.07, 6.45) is 2.90. The van der Waals surface area contributed by atoms with Crippen LogP contribution in [0.5, 0.6) is 5.75 Å². The van der Waals surface area contributed by atoms with Gasteiger partial charge in [-0.2, -0.15) is 0 Å². The Morgan fingerprint density at radius 3 is 2.83 bits per heavy atom. The monoisotopic (exact) mass is 411 g/mol. The second-order valence-corrected chi connectivity index (χ2v) is 7.65. The zero-order chi connectivity index (χ0) is 20.4. The average Bonchev–Trinajstić information content (AvgIpc) is 3.30. The van der Waals surface area contributed by atoms with Crippen LogP contribution in [0.1, 0.15) is 12.0 Å². The predicted molar refractivity (Wildman–Crippen MR) is 113 cm³/mol. The van der Waals surface area contributed by atoms with E-state index in [9.17, 15) is 9.59 Å². The van der Waals surface area contributed by atoms with Crippen molar-refractivity contribution < 1.29 is 14.3 Å². The van der Waals surface area contributed by atoms with E-state index in [-0.39, 0.29) is 24.2 Å². The number of aromatic nitrogens is 1. The van der Waals surface area contributed by atoms with E-state index in [4.69, 9.17) is 16.3 Å². The van der Waals surface area contributed by atoms with Crippen LogP contribution in [-0.4, -0.2) is 41.9 Å². The van der Waals surface area contributed by atoms with E-state index in [0.29, 0.717) is 30.2 Å². The Bertz CT molecular complexity index is 1050. The molecule has 0 radical (unpaired) electrons. The van der Waals surface area contributed by atoms with Gasteiger partial charge in [-0.1, -0.05) is 11.6 Å². The summed E-state index contributed by atoms with van der Waals surface area (Å²) < 4.78 is 5.12. The highest BCUT2D eigenvalue weighted by atomic mass is 35.5. The number of carbonyl (C=O) groups excluding carboxylic acids is 2. The number of hydrogen-bond donors (Lipinski definition) is 2. The molecule has 1 aliphatic rings. The van der Waals surface area contributed by atoms with E-state index in [1.165, 1.54) is 0 Å². The number of methoxy groups -OCH3 is 1. The molecule has 2 heterocycles. The van der Waals surface area contributed by atoms with Crippen molar-refractivity contribution in [2.45, 2.75) is 12.8 Å². The number of aromatic amines is 1. The number of ether oxygens (including phenoxy) is 1.